The molecular weight excluding hydrogens is 526 g/mol. The first-order valence-electron chi connectivity index (χ1n) is 13.3. The molecule has 3 heterocycles. The molecular formula is C26H36N5O7S-. The van der Waals surface area contributed by atoms with Crippen molar-refractivity contribution in [3.05, 3.63) is 45.5 Å². The number of ether oxygens (including phenoxy) is 1. The predicted molar refractivity (Wildman–Crippen MR) is 146 cm³/mol. The number of aromatic amines is 1. The summed E-state index contributed by atoms with van der Waals surface area (Å²) in [6, 6.07) is 4.67. The van der Waals surface area contributed by atoms with Crippen molar-refractivity contribution in [1.82, 2.24) is 24.2 Å². The SMILES string of the molecule is CCCOc1ccc(S(=O)(=O)N2CCC(CCON([O-])O)CC2)cc1-c1nc2c(CCC)cn(C)c2c(=O)[nH]1. The molecule has 0 aliphatic carbocycles. The molecule has 39 heavy (non-hydrogen) atoms. The quantitative estimate of drug-likeness (QED) is 0.315. The lowest BCUT2D eigenvalue weighted by Crippen LogP contribution is -2.38. The van der Waals surface area contributed by atoms with Crippen molar-refractivity contribution in [2.24, 2.45) is 13.0 Å². The molecule has 0 amide bonds. The Morgan fingerprint density at radius 2 is 1.95 bits per heavy atom. The van der Waals surface area contributed by atoms with Crippen LogP contribution in [0.4, 0.5) is 0 Å². The summed E-state index contributed by atoms with van der Waals surface area (Å²) in [5, 5.41) is 18.5. The van der Waals surface area contributed by atoms with Gasteiger partial charge in [-0.3, -0.25) is 9.63 Å². The van der Waals surface area contributed by atoms with Crippen LogP contribution in [0.3, 0.4) is 0 Å². The van der Waals surface area contributed by atoms with E-state index in [9.17, 15) is 18.4 Å². The second-order valence-corrected chi connectivity index (χ2v) is 11.8. The van der Waals surface area contributed by atoms with Crippen LogP contribution in [0, 0.1) is 11.1 Å². The predicted octanol–water partition coefficient (Wildman–Crippen LogP) is 3.58. The summed E-state index contributed by atoms with van der Waals surface area (Å²) < 4.78 is 36.4. The Bertz CT molecular complexity index is 1440. The van der Waals surface area contributed by atoms with E-state index in [4.69, 9.17) is 14.9 Å². The highest BCUT2D eigenvalue weighted by Gasteiger charge is 2.30. The zero-order valence-corrected chi connectivity index (χ0v) is 23.4. The van der Waals surface area contributed by atoms with E-state index in [1.807, 2.05) is 20.2 Å². The molecule has 0 saturated carbocycles. The summed E-state index contributed by atoms with van der Waals surface area (Å²) in [7, 11) is -2.02. The fourth-order valence-electron chi connectivity index (χ4n) is 5.03. The summed E-state index contributed by atoms with van der Waals surface area (Å²) in [6.45, 7) is 5.17. The molecule has 3 aromatic rings. The van der Waals surface area contributed by atoms with E-state index in [2.05, 4.69) is 16.7 Å². The van der Waals surface area contributed by atoms with Gasteiger partial charge in [0.05, 0.1) is 29.2 Å². The van der Waals surface area contributed by atoms with E-state index in [1.165, 1.54) is 16.4 Å². The summed E-state index contributed by atoms with van der Waals surface area (Å²) in [6.07, 6.45) is 6.08. The van der Waals surface area contributed by atoms with Crippen LogP contribution in [0.25, 0.3) is 22.4 Å². The molecule has 0 spiro atoms. The van der Waals surface area contributed by atoms with Crippen molar-refractivity contribution < 1.29 is 23.2 Å². The number of nitrogens with one attached hydrogen (secondary N) is 1. The Balaban J connectivity index is 1.66. The van der Waals surface area contributed by atoms with Gasteiger partial charge in [0.1, 0.15) is 17.1 Å². The topological polar surface area (TPSA) is 153 Å². The number of nitrogens with zero attached hydrogens (tertiary/aromatic N) is 4. The Morgan fingerprint density at radius 1 is 1.21 bits per heavy atom. The van der Waals surface area contributed by atoms with Gasteiger partial charge in [0.25, 0.3) is 5.56 Å². The third-order valence-corrected chi connectivity index (χ3v) is 8.92. The largest absolute Gasteiger partial charge is 0.738 e. The highest BCUT2D eigenvalue weighted by molar-refractivity contribution is 7.89. The van der Waals surface area contributed by atoms with E-state index in [0.717, 1.165) is 24.8 Å². The summed E-state index contributed by atoms with van der Waals surface area (Å²) >= 11 is 0. The fourth-order valence-corrected chi connectivity index (χ4v) is 6.53. The third-order valence-electron chi connectivity index (χ3n) is 7.03. The first kappa shape index (κ1) is 29.2. The van der Waals surface area contributed by atoms with Gasteiger partial charge in [0.2, 0.25) is 10.0 Å². The molecule has 4 rings (SSSR count). The van der Waals surface area contributed by atoms with Crippen molar-refractivity contribution in [2.45, 2.75) is 57.3 Å². The molecule has 214 valence electrons. The highest BCUT2D eigenvalue weighted by atomic mass is 32.2. The minimum atomic E-state index is -3.83. The molecule has 0 radical (unpaired) electrons. The van der Waals surface area contributed by atoms with Crippen LogP contribution in [0.2, 0.25) is 0 Å². The standard InChI is InChI=1S/C26H36N5O7S/c1-4-6-19-17-29(3)24-23(19)27-25(28-26(24)32)21-16-20(7-8-22(21)37-14-5-2)39(35,36)30-12-9-18(10-13-30)11-15-38-31(33)34/h7-8,16-18,33H,4-6,9-15H2,1-3H3,(H,27,28,32)/q-1. The van der Waals surface area contributed by atoms with Crippen LogP contribution in [0.1, 0.15) is 51.5 Å². The maximum atomic E-state index is 13.6. The summed E-state index contributed by atoms with van der Waals surface area (Å²) in [5.74, 6) is 0.886. The van der Waals surface area contributed by atoms with E-state index in [0.29, 0.717) is 61.3 Å². The average molecular weight is 563 g/mol. The zero-order chi connectivity index (χ0) is 28.2. The second-order valence-electron chi connectivity index (χ2n) is 9.84. The summed E-state index contributed by atoms with van der Waals surface area (Å²) in [4.78, 5) is 25.3. The van der Waals surface area contributed by atoms with Gasteiger partial charge >= 0.3 is 0 Å². The van der Waals surface area contributed by atoms with Gasteiger partial charge in [0.15, 0.2) is 0 Å². The molecule has 0 bridgehead atoms. The molecule has 0 atom stereocenters. The number of hydrogen-bond donors (Lipinski definition) is 2. The molecule has 1 aliphatic rings. The Labute approximate surface area is 227 Å². The smallest absolute Gasteiger partial charge is 0.275 e. The van der Waals surface area contributed by atoms with Crippen LogP contribution in [-0.2, 0) is 28.3 Å². The average Bonchev–Trinajstić information content (AvgIpc) is 3.23. The van der Waals surface area contributed by atoms with E-state index in [-0.39, 0.29) is 28.8 Å². The van der Waals surface area contributed by atoms with Gasteiger partial charge < -0.3 is 24.7 Å². The minimum Gasteiger partial charge on any atom is -0.738 e. The molecule has 1 aromatic carbocycles. The van der Waals surface area contributed by atoms with Gasteiger partial charge in [-0.25, -0.2) is 13.4 Å². The lowest BCUT2D eigenvalue weighted by molar-refractivity contribution is -0.306. The molecule has 1 saturated heterocycles. The van der Waals surface area contributed by atoms with E-state index in [1.54, 1.807) is 10.6 Å². The van der Waals surface area contributed by atoms with Gasteiger partial charge in [-0.15, -0.1) is 5.39 Å². The molecule has 2 aromatic heterocycles. The summed E-state index contributed by atoms with van der Waals surface area (Å²) in [5.41, 5.74) is 2.13. The second kappa shape index (κ2) is 12.6. The Kier molecular flexibility index (Phi) is 9.41. The monoisotopic (exact) mass is 562 g/mol. The van der Waals surface area contributed by atoms with Crippen LogP contribution < -0.4 is 10.3 Å². The number of H-pyrrole nitrogens is 1. The first-order chi connectivity index (χ1) is 18.6. The fraction of sp³-hybridized carbons (Fsp3) is 0.538. The van der Waals surface area contributed by atoms with Crippen molar-refractivity contribution >= 4 is 21.1 Å². The number of hydrogen-bond acceptors (Lipinski definition) is 9. The van der Waals surface area contributed by atoms with Gasteiger partial charge in [-0.05, 0) is 61.8 Å². The van der Waals surface area contributed by atoms with Crippen molar-refractivity contribution in [1.29, 1.82) is 0 Å². The minimum absolute atomic E-state index is 0.0664. The van der Waals surface area contributed by atoms with E-state index < -0.39 is 15.4 Å². The molecule has 1 aliphatic heterocycles. The number of aryl methyl sites for hydroxylation is 2. The van der Waals surface area contributed by atoms with Crippen LogP contribution in [0.5, 0.6) is 5.75 Å². The van der Waals surface area contributed by atoms with Crippen LogP contribution >= 0.6 is 0 Å². The van der Waals surface area contributed by atoms with Crippen molar-refractivity contribution in [3.63, 3.8) is 0 Å². The first-order valence-corrected chi connectivity index (χ1v) is 14.7. The number of sulfonamides is 1. The third kappa shape index (κ3) is 6.51. The van der Waals surface area contributed by atoms with Crippen LogP contribution in [0.15, 0.2) is 34.1 Å². The van der Waals surface area contributed by atoms with Gasteiger partial charge in [0, 0.05) is 26.3 Å². The van der Waals surface area contributed by atoms with Crippen molar-refractivity contribution in [2.75, 3.05) is 26.3 Å². The molecule has 13 heteroatoms. The number of rotatable bonds is 12. The molecule has 12 nitrogen and oxygen atoms in total. The highest BCUT2D eigenvalue weighted by Crippen LogP contribution is 2.33. The Morgan fingerprint density at radius 3 is 2.62 bits per heavy atom. The number of benzene rings is 1. The number of fused-ring (bicyclic) bond motifs is 1. The number of aromatic nitrogens is 3. The maximum absolute atomic E-state index is 13.6. The van der Waals surface area contributed by atoms with Crippen molar-refractivity contribution in [3.8, 4) is 17.1 Å². The lowest BCUT2D eigenvalue weighted by Gasteiger charge is -2.31. The molecule has 1 fully saturated rings. The van der Waals surface area contributed by atoms with E-state index >= 15 is 0 Å². The van der Waals surface area contributed by atoms with Crippen LogP contribution in [-0.4, -0.2) is 64.2 Å². The molecule has 2 N–H and O–H groups in total. The zero-order valence-electron chi connectivity index (χ0n) is 22.6. The molecule has 0 unspecified atom stereocenters. The Hall–Kier alpha value is -2.81. The van der Waals surface area contributed by atoms with Gasteiger partial charge in [-0.1, -0.05) is 20.3 Å². The number of piperidine rings is 1. The lowest BCUT2D eigenvalue weighted by atomic mass is 9.95. The normalized spacial score (nSPS) is 15.4. The maximum Gasteiger partial charge on any atom is 0.275 e. The van der Waals surface area contributed by atoms with Gasteiger partial charge in [-0.2, -0.15) is 4.31 Å².